The molecule has 1 aromatic carbocycles. The molecule has 1 aliphatic rings. The van der Waals surface area contributed by atoms with E-state index in [2.05, 4.69) is 0 Å². The van der Waals surface area contributed by atoms with Crippen LogP contribution in [0.4, 0.5) is 4.39 Å². The third-order valence-corrected chi connectivity index (χ3v) is 4.32. The predicted molar refractivity (Wildman–Crippen MR) is 70.2 cm³/mol. The molecule has 0 unspecified atom stereocenters. The Bertz CT molecular complexity index is 436. The summed E-state index contributed by atoms with van der Waals surface area (Å²) in [4.78, 5) is 23.7. The number of rotatable bonds is 3. The molecule has 96 valence electrons. The molecule has 0 aliphatic heterocycles. The average Bonchev–Trinajstić information content (AvgIpc) is 2.40. The molecule has 0 radical (unpaired) electrons. The molecule has 0 atom stereocenters. The van der Waals surface area contributed by atoms with Crippen molar-refractivity contribution in [2.75, 3.05) is 0 Å². The molecule has 1 fully saturated rings. The first-order valence-corrected chi connectivity index (χ1v) is 7.05. The Morgan fingerprint density at radius 2 is 1.67 bits per heavy atom. The minimum Gasteiger partial charge on any atom is -0.284 e. The van der Waals surface area contributed by atoms with Crippen molar-refractivity contribution in [1.29, 1.82) is 0 Å². The van der Waals surface area contributed by atoms with Gasteiger partial charge in [0, 0.05) is 10.8 Å². The Kier molecular flexibility index (Phi) is 4.53. The molecule has 4 heteroatoms. The first kappa shape index (κ1) is 13.3. The van der Waals surface area contributed by atoms with Crippen LogP contribution >= 0.6 is 11.8 Å². The summed E-state index contributed by atoms with van der Waals surface area (Å²) < 4.78 is 12.7. The van der Waals surface area contributed by atoms with Crippen LogP contribution in [0.15, 0.2) is 24.3 Å². The van der Waals surface area contributed by atoms with Crippen LogP contribution in [-0.2, 0) is 4.79 Å². The molecular formula is C14H15FO2S. The van der Waals surface area contributed by atoms with Crippen LogP contribution in [0.1, 0.15) is 42.5 Å². The van der Waals surface area contributed by atoms with Gasteiger partial charge in [0.1, 0.15) is 5.82 Å². The first-order valence-electron chi connectivity index (χ1n) is 6.17. The van der Waals surface area contributed by atoms with Crippen LogP contribution in [0.25, 0.3) is 0 Å². The summed E-state index contributed by atoms with van der Waals surface area (Å²) in [6.45, 7) is 0. The fourth-order valence-electron chi connectivity index (χ4n) is 2.11. The Morgan fingerprint density at radius 1 is 1.06 bits per heavy atom. The quantitative estimate of drug-likeness (QED) is 0.619. The molecule has 0 heterocycles. The molecule has 1 aliphatic carbocycles. The molecule has 18 heavy (non-hydrogen) atoms. The summed E-state index contributed by atoms with van der Waals surface area (Å²) in [5.74, 6) is -0.926. The van der Waals surface area contributed by atoms with Gasteiger partial charge >= 0.3 is 0 Å². The maximum atomic E-state index is 12.7. The van der Waals surface area contributed by atoms with E-state index in [1.807, 2.05) is 0 Å². The summed E-state index contributed by atoms with van der Waals surface area (Å²) in [7, 11) is 0. The van der Waals surface area contributed by atoms with Crippen molar-refractivity contribution in [2.24, 2.45) is 0 Å². The lowest BCUT2D eigenvalue weighted by Crippen LogP contribution is -2.17. The zero-order chi connectivity index (χ0) is 13.0. The number of carbonyl (C=O) groups is 2. The van der Waals surface area contributed by atoms with E-state index >= 15 is 0 Å². The monoisotopic (exact) mass is 266 g/mol. The topological polar surface area (TPSA) is 34.1 Å². The van der Waals surface area contributed by atoms with Gasteiger partial charge in [-0.1, -0.05) is 31.0 Å². The number of benzene rings is 1. The van der Waals surface area contributed by atoms with Crippen LogP contribution in [-0.4, -0.2) is 16.1 Å². The number of Topliss-reactive ketones (excluding diaryl/α,β-unsaturated/α-hetero) is 1. The van der Waals surface area contributed by atoms with E-state index in [1.54, 1.807) is 0 Å². The number of hydrogen-bond acceptors (Lipinski definition) is 3. The number of ketones is 1. The van der Waals surface area contributed by atoms with Crippen molar-refractivity contribution in [2.45, 2.75) is 37.4 Å². The van der Waals surface area contributed by atoms with E-state index in [4.69, 9.17) is 0 Å². The molecule has 0 N–H and O–H groups in total. The highest BCUT2D eigenvalue weighted by Crippen LogP contribution is 2.29. The lowest BCUT2D eigenvalue weighted by atomic mass is 10.0. The summed E-state index contributed by atoms with van der Waals surface area (Å²) in [6.07, 6.45) is 5.50. The van der Waals surface area contributed by atoms with Crippen LogP contribution in [0, 0.1) is 5.82 Å². The van der Waals surface area contributed by atoms with Crippen LogP contribution in [0.5, 0.6) is 0 Å². The predicted octanol–water partition coefficient (Wildman–Crippen LogP) is 3.60. The largest absolute Gasteiger partial charge is 0.284 e. The molecule has 0 amide bonds. The van der Waals surface area contributed by atoms with E-state index in [9.17, 15) is 14.0 Å². The molecule has 0 aromatic heterocycles. The maximum absolute atomic E-state index is 12.7. The van der Waals surface area contributed by atoms with Gasteiger partial charge in [0.25, 0.3) is 5.12 Å². The van der Waals surface area contributed by atoms with Crippen molar-refractivity contribution in [3.8, 4) is 0 Å². The zero-order valence-corrected chi connectivity index (χ0v) is 10.8. The zero-order valence-electron chi connectivity index (χ0n) is 10.0. The van der Waals surface area contributed by atoms with E-state index in [0.717, 1.165) is 37.4 Å². The lowest BCUT2D eigenvalue weighted by Gasteiger charge is -2.19. The van der Waals surface area contributed by atoms with Crippen LogP contribution in [0.3, 0.4) is 0 Å². The highest BCUT2D eigenvalue weighted by Gasteiger charge is 2.23. The fraction of sp³-hybridized carbons (Fsp3) is 0.429. The lowest BCUT2D eigenvalue weighted by molar-refractivity contribution is -0.107. The highest BCUT2D eigenvalue weighted by atomic mass is 32.2. The fourth-order valence-corrected chi connectivity index (χ4v) is 3.20. The van der Waals surface area contributed by atoms with E-state index < -0.39 is 16.7 Å². The van der Waals surface area contributed by atoms with Gasteiger partial charge in [-0.2, -0.15) is 0 Å². The van der Waals surface area contributed by atoms with Crippen LogP contribution in [0.2, 0.25) is 0 Å². The van der Waals surface area contributed by atoms with E-state index in [0.29, 0.717) is 0 Å². The normalized spacial score (nSPS) is 16.5. The molecule has 2 rings (SSSR count). The van der Waals surface area contributed by atoms with Crippen molar-refractivity contribution < 1.29 is 14.0 Å². The van der Waals surface area contributed by atoms with Gasteiger partial charge in [-0.3, -0.25) is 9.59 Å². The van der Waals surface area contributed by atoms with Crippen molar-refractivity contribution in [1.82, 2.24) is 0 Å². The van der Waals surface area contributed by atoms with Gasteiger partial charge in [-0.25, -0.2) is 4.39 Å². The second-order valence-corrected chi connectivity index (χ2v) is 5.77. The van der Waals surface area contributed by atoms with Gasteiger partial charge in [-0.05, 0) is 37.1 Å². The molecule has 2 nitrogen and oxygen atoms in total. The Labute approximate surface area is 110 Å². The molecule has 1 aromatic rings. The Hall–Kier alpha value is -1.16. The van der Waals surface area contributed by atoms with E-state index in [1.165, 1.54) is 30.7 Å². The Morgan fingerprint density at radius 3 is 2.28 bits per heavy atom. The second-order valence-electron chi connectivity index (χ2n) is 4.50. The number of carbonyl (C=O) groups excluding carboxylic acids is 2. The number of thioether (sulfide) groups is 1. The maximum Gasteiger partial charge on any atom is 0.260 e. The third kappa shape index (κ3) is 3.42. The summed E-state index contributed by atoms with van der Waals surface area (Å²) in [6, 6.07) is 5.12. The van der Waals surface area contributed by atoms with Gasteiger partial charge in [0.05, 0.1) is 0 Å². The van der Waals surface area contributed by atoms with E-state index in [-0.39, 0.29) is 10.8 Å². The smallest absolute Gasteiger partial charge is 0.260 e. The SMILES string of the molecule is O=C(SC1CCCCC1)C(=O)c1ccc(F)cc1. The minimum atomic E-state index is -0.523. The molecular weight excluding hydrogens is 251 g/mol. The molecule has 0 spiro atoms. The summed E-state index contributed by atoms with van der Waals surface area (Å²) in [5.41, 5.74) is 0.268. The Balaban J connectivity index is 1.95. The average molecular weight is 266 g/mol. The standard InChI is InChI=1S/C14H15FO2S/c15-11-8-6-10(7-9-11)13(16)14(17)18-12-4-2-1-3-5-12/h6-9,12H,1-5H2. The number of hydrogen-bond donors (Lipinski definition) is 0. The van der Waals surface area contributed by atoms with Crippen molar-refractivity contribution >= 4 is 22.7 Å². The van der Waals surface area contributed by atoms with Crippen molar-refractivity contribution in [3.05, 3.63) is 35.6 Å². The third-order valence-electron chi connectivity index (χ3n) is 3.12. The summed E-state index contributed by atoms with van der Waals surface area (Å²) in [5, 5.41) is -0.149. The molecule has 0 bridgehead atoms. The van der Waals surface area contributed by atoms with Gasteiger partial charge in [-0.15, -0.1) is 0 Å². The first-order chi connectivity index (χ1) is 8.66. The minimum absolute atomic E-state index is 0.268. The van der Waals surface area contributed by atoms with Gasteiger partial charge in [0.2, 0.25) is 5.78 Å². The van der Waals surface area contributed by atoms with Gasteiger partial charge < -0.3 is 0 Å². The highest BCUT2D eigenvalue weighted by molar-refractivity contribution is 8.16. The molecule has 0 saturated heterocycles. The van der Waals surface area contributed by atoms with Crippen LogP contribution < -0.4 is 0 Å². The summed E-state index contributed by atoms with van der Waals surface area (Å²) >= 11 is 1.15. The molecule has 1 saturated carbocycles. The van der Waals surface area contributed by atoms with Gasteiger partial charge in [0.15, 0.2) is 0 Å². The number of halogens is 1. The van der Waals surface area contributed by atoms with Crippen molar-refractivity contribution in [3.63, 3.8) is 0 Å². The second kappa shape index (κ2) is 6.14.